The van der Waals surface area contributed by atoms with Crippen molar-refractivity contribution >= 4 is 11.8 Å². The highest BCUT2D eigenvalue weighted by molar-refractivity contribution is 5.94. The molecule has 1 fully saturated rings. The van der Waals surface area contributed by atoms with Gasteiger partial charge in [0.2, 0.25) is 5.91 Å². The van der Waals surface area contributed by atoms with E-state index in [1.165, 1.54) is 0 Å². The quantitative estimate of drug-likeness (QED) is 0.860. The monoisotopic (exact) mass is 336 g/mol. The third-order valence-electron chi connectivity index (χ3n) is 4.79. The zero-order valence-electron chi connectivity index (χ0n) is 14.6. The summed E-state index contributed by atoms with van der Waals surface area (Å²) in [5.74, 6) is 0.244. The van der Waals surface area contributed by atoms with Crippen molar-refractivity contribution in [2.45, 2.75) is 19.4 Å². The van der Waals surface area contributed by atoms with Crippen LogP contribution in [0, 0.1) is 5.92 Å². The third-order valence-corrected chi connectivity index (χ3v) is 4.79. The van der Waals surface area contributed by atoms with Gasteiger partial charge in [0.15, 0.2) is 0 Å². The van der Waals surface area contributed by atoms with E-state index in [2.05, 4.69) is 0 Å². The minimum atomic E-state index is 0.00790. The molecule has 130 valence electrons. The molecule has 3 rings (SSSR count). The Bertz CT molecular complexity index is 707. The Kier molecular flexibility index (Phi) is 5.49. The van der Waals surface area contributed by atoms with Crippen LogP contribution >= 0.6 is 0 Å². The fourth-order valence-corrected chi connectivity index (χ4v) is 3.34. The summed E-state index contributed by atoms with van der Waals surface area (Å²) in [4.78, 5) is 28.8. The van der Waals surface area contributed by atoms with Crippen molar-refractivity contribution in [1.29, 1.82) is 0 Å². The molecule has 0 radical (unpaired) electrons. The van der Waals surface area contributed by atoms with Gasteiger partial charge in [0, 0.05) is 38.2 Å². The van der Waals surface area contributed by atoms with Gasteiger partial charge in [-0.25, -0.2) is 0 Å². The highest BCUT2D eigenvalue weighted by Gasteiger charge is 2.29. The Hall–Kier alpha value is -2.62. The van der Waals surface area contributed by atoms with Gasteiger partial charge in [0.1, 0.15) is 0 Å². The van der Waals surface area contributed by atoms with E-state index in [0.717, 1.165) is 18.4 Å². The summed E-state index contributed by atoms with van der Waals surface area (Å²) in [6.07, 6.45) is 1.47. The van der Waals surface area contributed by atoms with Crippen molar-refractivity contribution in [2.24, 2.45) is 5.92 Å². The summed E-state index contributed by atoms with van der Waals surface area (Å²) in [6.45, 7) is 1.91. The number of carbonyl (C=O) groups excluding carboxylic acids is 2. The molecular formula is C21H24N2O2. The van der Waals surface area contributed by atoms with Gasteiger partial charge in [0.05, 0.1) is 0 Å². The Labute approximate surface area is 149 Å². The van der Waals surface area contributed by atoms with Crippen LogP contribution in [-0.4, -0.2) is 41.8 Å². The van der Waals surface area contributed by atoms with Gasteiger partial charge >= 0.3 is 0 Å². The van der Waals surface area contributed by atoms with Crippen molar-refractivity contribution < 1.29 is 9.59 Å². The molecule has 2 aromatic rings. The molecule has 0 unspecified atom stereocenters. The number of piperidine rings is 1. The summed E-state index contributed by atoms with van der Waals surface area (Å²) < 4.78 is 0. The summed E-state index contributed by atoms with van der Waals surface area (Å²) in [5, 5.41) is 0. The Morgan fingerprint density at radius 2 is 1.52 bits per heavy atom. The lowest BCUT2D eigenvalue weighted by atomic mass is 9.94. The van der Waals surface area contributed by atoms with Crippen LogP contribution in [-0.2, 0) is 11.3 Å². The van der Waals surface area contributed by atoms with Crippen molar-refractivity contribution in [3.8, 4) is 0 Å². The molecule has 4 nitrogen and oxygen atoms in total. The molecule has 0 bridgehead atoms. The number of likely N-dealkylation sites (tertiary alicyclic amines) is 1. The number of benzene rings is 2. The molecule has 1 heterocycles. The van der Waals surface area contributed by atoms with E-state index in [1.54, 1.807) is 4.90 Å². The van der Waals surface area contributed by atoms with Crippen LogP contribution in [0.2, 0.25) is 0 Å². The zero-order valence-corrected chi connectivity index (χ0v) is 14.6. The molecule has 25 heavy (non-hydrogen) atoms. The number of hydrogen-bond donors (Lipinski definition) is 0. The topological polar surface area (TPSA) is 40.6 Å². The van der Waals surface area contributed by atoms with Crippen LogP contribution in [0.25, 0.3) is 0 Å². The molecule has 0 atom stereocenters. The van der Waals surface area contributed by atoms with E-state index < -0.39 is 0 Å². The maximum atomic E-state index is 12.7. The average molecular weight is 336 g/mol. The van der Waals surface area contributed by atoms with E-state index in [0.29, 0.717) is 25.2 Å². The highest BCUT2D eigenvalue weighted by atomic mass is 16.2. The first-order chi connectivity index (χ1) is 12.1. The van der Waals surface area contributed by atoms with Crippen molar-refractivity contribution in [3.05, 3.63) is 71.8 Å². The van der Waals surface area contributed by atoms with Crippen LogP contribution in [0.5, 0.6) is 0 Å². The predicted molar refractivity (Wildman–Crippen MR) is 98.0 cm³/mol. The van der Waals surface area contributed by atoms with Crippen LogP contribution in [0.4, 0.5) is 0 Å². The predicted octanol–water partition coefficient (Wildman–Crippen LogP) is 3.20. The Balaban J connectivity index is 1.53. The molecular weight excluding hydrogens is 312 g/mol. The van der Waals surface area contributed by atoms with Crippen molar-refractivity contribution in [3.63, 3.8) is 0 Å². The summed E-state index contributed by atoms with van der Waals surface area (Å²) in [5.41, 5.74) is 1.85. The number of hydrogen-bond acceptors (Lipinski definition) is 2. The van der Waals surface area contributed by atoms with E-state index in [-0.39, 0.29) is 17.7 Å². The third kappa shape index (κ3) is 4.27. The maximum absolute atomic E-state index is 12.7. The summed E-state index contributed by atoms with van der Waals surface area (Å²) in [7, 11) is 1.86. The minimum absolute atomic E-state index is 0.00790. The first-order valence-electron chi connectivity index (χ1n) is 8.78. The molecule has 2 amide bonds. The molecule has 2 aromatic carbocycles. The molecule has 4 heteroatoms. The van der Waals surface area contributed by atoms with Crippen molar-refractivity contribution in [1.82, 2.24) is 9.80 Å². The molecule has 0 aliphatic carbocycles. The largest absolute Gasteiger partial charge is 0.341 e. The summed E-state index contributed by atoms with van der Waals surface area (Å²) >= 11 is 0. The van der Waals surface area contributed by atoms with Crippen LogP contribution in [0.3, 0.4) is 0 Å². The molecule has 1 aliphatic heterocycles. The zero-order chi connectivity index (χ0) is 17.6. The SMILES string of the molecule is CN(Cc1ccccc1)C(=O)C1CCN(C(=O)c2ccccc2)CC1. The van der Waals surface area contributed by atoms with Crippen molar-refractivity contribution in [2.75, 3.05) is 20.1 Å². The lowest BCUT2D eigenvalue weighted by Crippen LogP contribution is -2.43. The van der Waals surface area contributed by atoms with Gasteiger partial charge in [-0.1, -0.05) is 48.5 Å². The lowest BCUT2D eigenvalue weighted by molar-refractivity contribution is -0.136. The van der Waals surface area contributed by atoms with E-state index in [4.69, 9.17) is 0 Å². The number of rotatable bonds is 4. The normalized spacial score (nSPS) is 15.0. The van der Waals surface area contributed by atoms with Gasteiger partial charge in [-0.15, -0.1) is 0 Å². The average Bonchev–Trinajstić information content (AvgIpc) is 2.68. The number of nitrogens with zero attached hydrogens (tertiary/aromatic N) is 2. The first kappa shape index (κ1) is 17.2. The fourth-order valence-electron chi connectivity index (χ4n) is 3.34. The van der Waals surface area contributed by atoms with Gasteiger partial charge in [-0.2, -0.15) is 0 Å². The van der Waals surface area contributed by atoms with E-state index in [9.17, 15) is 9.59 Å². The highest BCUT2D eigenvalue weighted by Crippen LogP contribution is 2.21. The summed E-state index contributed by atoms with van der Waals surface area (Å²) in [6, 6.07) is 19.4. The molecule has 1 saturated heterocycles. The van der Waals surface area contributed by atoms with E-state index >= 15 is 0 Å². The van der Waals surface area contributed by atoms with Crippen LogP contribution < -0.4 is 0 Å². The van der Waals surface area contributed by atoms with Gasteiger partial charge in [0.25, 0.3) is 5.91 Å². The number of carbonyl (C=O) groups is 2. The molecule has 1 aliphatic rings. The molecule has 0 N–H and O–H groups in total. The van der Waals surface area contributed by atoms with Gasteiger partial charge in [-0.3, -0.25) is 9.59 Å². The Morgan fingerprint density at radius 3 is 2.12 bits per heavy atom. The van der Waals surface area contributed by atoms with E-state index in [1.807, 2.05) is 72.6 Å². The number of amides is 2. The van der Waals surface area contributed by atoms with Crippen LogP contribution in [0.1, 0.15) is 28.8 Å². The first-order valence-corrected chi connectivity index (χ1v) is 8.78. The second-order valence-electron chi connectivity index (χ2n) is 6.61. The smallest absolute Gasteiger partial charge is 0.253 e. The van der Waals surface area contributed by atoms with Gasteiger partial charge in [-0.05, 0) is 30.5 Å². The minimum Gasteiger partial charge on any atom is -0.341 e. The molecule has 0 saturated carbocycles. The molecule has 0 aromatic heterocycles. The second kappa shape index (κ2) is 7.97. The second-order valence-corrected chi connectivity index (χ2v) is 6.61. The fraction of sp³-hybridized carbons (Fsp3) is 0.333. The lowest BCUT2D eigenvalue weighted by Gasteiger charge is -2.33. The Morgan fingerprint density at radius 1 is 0.960 bits per heavy atom. The molecule has 0 spiro atoms. The maximum Gasteiger partial charge on any atom is 0.253 e. The van der Waals surface area contributed by atoms with Crippen LogP contribution in [0.15, 0.2) is 60.7 Å². The van der Waals surface area contributed by atoms with Gasteiger partial charge < -0.3 is 9.80 Å². The standard InChI is InChI=1S/C21H24N2O2/c1-22(16-17-8-4-2-5-9-17)20(24)19-12-14-23(15-13-19)21(25)18-10-6-3-7-11-18/h2-11,19H,12-16H2,1H3.